The Bertz CT molecular complexity index is 555. The normalized spacial score (nSPS) is 10.0. The minimum absolute atomic E-state index is 0.0404. The molecule has 2 aromatic rings. The third-order valence-electron chi connectivity index (χ3n) is 2.34. The number of hydrogen-bond donors (Lipinski definition) is 2. The van der Waals surface area contributed by atoms with Crippen molar-refractivity contribution in [2.24, 2.45) is 0 Å². The fourth-order valence-corrected chi connectivity index (χ4v) is 1.44. The minimum Gasteiger partial charge on any atom is -0.506 e. The highest BCUT2D eigenvalue weighted by Crippen LogP contribution is 2.17. The van der Waals surface area contributed by atoms with Crippen molar-refractivity contribution < 1.29 is 10.0 Å². The van der Waals surface area contributed by atoms with E-state index in [0.29, 0.717) is 12.2 Å². The molecule has 0 atom stereocenters. The molecule has 1 aromatic carbocycles. The summed E-state index contributed by atoms with van der Waals surface area (Å²) >= 11 is 0. The van der Waals surface area contributed by atoms with E-state index in [4.69, 9.17) is 5.11 Å². The van der Waals surface area contributed by atoms with Gasteiger partial charge in [0.1, 0.15) is 5.75 Å². The first kappa shape index (κ1) is 11.8. The highest BCUT2D eigenvalue weighted by atomic mass is 16.6. The van der Waals surface area contributed by atoms with Crippen molar-refractivity contribution in [3.8, 4) is 5.75 Å². The Hall–Kier alpha value is -2.63. The molecule has 0 fully saturated rings. The molecule has 92 valence electrons. The molecule has 2 rings (SSSR count). The number of aromatic nitrogens is 1. The summed E-state index contributed by atoms with van der Waals surface area (Å²) < 4.78 is 0. The van der Waals surface area contributed by atoms with E-state index < -0.39 is 4.92 Å². The second-order valence-electron chi connectivity index (χ2n) is 3.67. The van der Waals surface area contributed by atoms with Crippen LogP contribution < -0.4 is 5.32 Å². The molecular formula is C12H11N3O3. The predicted octanol–water partition coefficient (Wildman–Crippen LogP) is 2.31. The quantitative estimate of drug-likeness (QED) is 0.637. The molecule has 6 nitrogen and oxygen atoms in total. The van der Waals surface area contributed by atoms with Crippen molar-refractivity contribution in [1.82, 2.24) is 4.98 Å². The molecule has 0 saturated heterocycles. The van der Waals surface area contributed by atoms with Gasteiger partial charge in [-0.15, -0.1) is 0 Å². The molecule has 18 heavy (non-hydrogen) atoms. The maximum atomic E-state index is 10.6. The summed E-state index contributed by atoms with van der Waals surface area (Å²) in [6, 6.07) is 9.47. The zero-order valence-corrected chi connectivity index (χ0v) is 9.41. The Morgan fingerprint density at radius 3 is 2.83 bits per heavy atom. The molecule has 0 aliphatic rings. The number of non-ortho nitro benzene ring substituents is 1. The Morgan fingerprint density at radius 2 is 2.17 bits per heavy atom. The van der Waals surface area contributed by atoms with Gasteiger partial charge in [0, 0.05) is 17.8 Å². The number of nitrogens with zero attached hydrogens (tertiary/aromatic N) is 2. The molecule has 0 radical (unpaired) electrons. The van der Waals surface area contributed by atoms with Crippen LogP contribution in [0.5, 0.6) is 5.75 Å². The average molecular weight is 245 g/mol. The van der Waals surface area contributed by atoms with Gasteiger partial charge < -0.3 is 10.4 Å². The average Bonchev–Trinajstić information content (AvgIpc) is 2.38. The Balaban J connectivity index is 2.04. The lowest BCUT2D eigenvalue weighted by molar-refractivity contribution is -0.384. The van der Waals surface area contributed by atoms with Crippen LogP contribution in [-0.4, -0.2) is 15.0 Å². The summed E-state index contributed by atoms with van der Waals surface area (Å²) in [4.78, 5) is 14.2. The Kier molecular flexibility index (Phi) is 3.38. The lowest BCUT2D eigenvalue weighted by atomic mass is 10.2. The smallest absolute Gasteiger partial charge is 0.271 e. The van der Waals surface area contributed by atoms with E-state index in [9.17, 15) is 10.1 Å². The van der Waals surface area contributed by atoms with E-state index in [0.717, 1.165) is 5.69 Å². The molecule has 0 aliphatic carbocycles. The molecule has 0 unspecified atom stereocenters. The molecule has 1 heterocycles. The van der Waals surface area contributed by atoms with Gasteiger partial charge in [-0.05, 0) is 18.2 Å². The summed E-state index contributed by atoms with van der Waals surface area (Å²) in [7, 11) is 0. The van der Waals surface area contributed by atoms with E-state index in [2.05, 4.69) is 10.3 Å². The number of anilines is 1. The zero-order chi connectivity index (χ0) is 13.0. The third-order valence-corrected chi connectivity index (χ3v) is 2.34. The number of benzene rings is 1. The van der Waals surface area contributed by atoms with Crippen LogP contribution in [-0.2, 0) is 6.54 Å². The first-order valence-corrected chi connectivity index (χ1v) is 5.27. The maximum Gasteiger partial charge on any atom is 0.271 e. The summed E-state index contributed by atoms with van der Waals surface area (Å²) in [6.07, 6.45) is 1.35. The van der Waals surface area contributed by atoms with Gasteiger partial charge in [-0.2, -0.15) is 0 Å². The predicted molar refractivity (Wildman–Crippen MR) is 66.3 cm³/mol. The summed E-state index contributed by atoms with van der Waals surface area (Å²) in [5, 5.41) is 22.7. The second kappa shape index (κ2) is 5.13. The van der Waals surface area contributed by atoms with E-state index >= 15 is 0 Å². The molecule has 6 heteroatoms. The van der Waals surface area contributed by atoms with Crippen molar-refractivity contribution in [2.45, 2.75) is 6.54 Å². The van der Waals surface area contributed by atoms with E-state index in [-0.39, 0.29) is 11.4 Å². The Morgan fingerprint density at radius 1 is 1.33 bits per heavy atom. The molecule has 0 bridgehead atoms. The fourth-order valence-electron chi connectivity index (χ4n) is 1.44. The summed E-state index contributed by atoms with van der Waals surface area (Å²) in [6.45, 7) is 0.432. The first-order valence-electron chi connectivity index (χ1n) is 5.27. The first-order chi connectivity index (χ1) is 8.65. The number of rotatable bonds is 4. The van der Waals surface area contributed by atoms with Crippen LogP contribution in [0.15, 0.2) is 42.6 Å². The van der Waals surface area contributed by atoms with Crippen molar-refractivity contribution in [3.05, 3.63) is 58.4 Å². The van der Waals surface area contributed by atoms with Gasteiger partial charge in [-0.1, -0.05) is 6.07 Å². The van der Waals surface area contributed by atoms with Gasteiger partial charge in [0.15, 0.2) is 0 Å². The van der Waals surface area contributed by atoms with Gasteiger partial charge in [-0.3, -0.25) is 15.1 Å². The van der Waals surface area contributed by atoms with Crippen LogP contribution in [0.2, 0.25) is 0 Å². The lowest BCUT2D eigenvalue weighted by Gasteiger charge is -2.05. The molecule has 2 N–H and O–H groups in total. The van der Waals surface area contributed by atoms with Gasteiger partial charge in [0.05, 0.1) is 23.4 Å². The lowest BCUT2D eigenvalue weighted by Crippen LogP contribution is -2.01. The monoisotopic (exact) mass is 245 g/mol. The van der Waals surface area contributed by atoms with E-state index in [1.165, 1.54) is 24.4 Å². The second-order valence-corrected chi connectivity index (χ2v) is 3.67. The molecule has 0 aliphatic heterocycles. The number of nitro groups is 1. The maximum absolute atomic E-state index is 10.6. The highest BCUT2D eigenvalue weighted by molar-refractivity contribution is 5.51. The van der Waals surface area contributed by atoms with Gasteiger partial charge in [0.2, 0.25) is 0 Å². The number of nitro benzene ring substituents is 1. The molecule has 0 amide bonds. The minimum atomic E-state index is -0.440. The van der Waals surface area contributed by atoms with Crippen LogP contribution in [0.25, 0.3) is 0 Å². The fraction of sp³-hybridized carbons (Fsp3) is 0.0833. The SMILES string of the molecule is O=[N+]([O-])c1cccc(NCc2ccc(O)cn2)c1. The number of aromatic hydroxyl groups is 1. The van der Waals surface area contributed by atoms with Gasteiger partial charge >= 0.3 is 0 Å². The summed E-state index contributed by atoms with van der Waals surface area (Å²) in [5.74, 6) is 0.106. The summed E-state index contributed by atoms with van der Waals surface area (Å²) in [5.41, 5.74) is 1.43. The number of nitrogens with one attached hydrogen (secondary N) is 1. The van der Waals surface area contributed by atoms with Crippen molar-refractivity contribution in [1.29, 1.82) is 0 Å². The van der Waals surface area contributed by atoms with E-state index in [1.54, 1.807) is 18.2 Å². The molecular weight excluding hydrogens is 234 g/mol. The van der Waals surface area contributed by atoms with Crippen LogP contribution in [0.1, 0.15) is 5.69 Å². The zero-order valence-electron chi connectivity index (χ0n) is 9.41. The number of pyridine rings is 1. The highest BCUT2D eigenvalue weighted by Gasteiger charge is 2.05. The van der Waals surface area contributed by atoms with Gasteiger partial charge in [-0.25, -0.2) is 0 Å². The molecule has 0 spiro atoms. The molecule has 0 saturated carbocycles. The van der Waals surface area contributed by atoms with Crippen molar-refractivity contribution in [2.75, 3.05) is 5.32 Å². The van der Waals surface area contributed by atoms with Gasteiger partial charge in [0.25, 0.3) is 5.69 Å². The molecule has 1 aromatic heterocycles. The van der Waals surface area contributed by atoms with Crippen LogP contribution in [0.3, 0.4) is 0 Å². The third kappa shape index (κ3) is 2.94. The van der Waals surface area contributed by atoms with Crippen molar-refractivity contribution >= 4 is 11.4 Å². The standard InChI is InChI=1S/C12H11N3O3/c16-12-5-4-10(14-8-12)7-13-9-2-1-3-11(6-9)15(17)18/h1-6,8,13,16H,7H2. The topological polar surface area (TPSA) is 88.3 Å². The van der Waals surface area contributed by atoms with Crippen LogP contribution in [0, 0.1) is 10.1 Å². The van der Waals surface area contributed by atoms with E-state index in [1.807, 2.05) is 0 Å². The largest absolute Gasteiger partial charge is 0.506 e. The van der Waals surface area contributed by atoms with Crippen LogP contribution in [0.4, 0.5) is 11.4 Å². The van der Waals surface area contributed by atoms with Crippen LogP contribution >= 0.6 is 0 Å². The number of hydrogen-bond acceptors (Lipinski definition) is 5. The van der Waals surface area contributed by atoms with Crippen molar-refractivity contribution in [3.63, 3.8) is 0 Å². The Labute approximate surface area is 103 Å².